The lowest BCUT2D eigenvalue weighted by Gasteiger charge is -2.33. The van der Waals surface area contributed by atoms with E-state index in [1.165, 1.54) is 11.8 Å². The number of hydrogen-bond acceptors (Lipinski definition) is 7. The number of hydrazone groups is 1. The number of nitrogens with zero attached hydrogens (tertiary/aromatic N) is 2. The first kappa shape index (κ1) is 24.8. The second-order valence-corrected chi connectivity index (χ2v) is 10.1. The summed E-state index contributed by atoms with van der Waals surface area (Å²) in [5.74, 6) is 0.665. The van der Waals surface area contributed by atoms with E-state index in [4.69, 9.17) is 14.6 Å². The summed E-state index contributed by atoms with van der Waals surface area (Å²) in [6.45, 7) is 7.65. The molecule has 176 valence electrons. The smallest absolute Gasteiger partial charge is 0.338 e. The molecule has 1 heterocycles. The highest BCUT2D eigenvalue weighted by molar-refractivity contribution is 8.00. The van der Waals surface area contributed by atoms with Gasteiger partial charge in [0.05, 0.1) is 30.2 Å². The Morgan fingerprint density at radius 1 is 1.15 bits per heavy atom. The quantitative estimate of drug-likeness (QED) is 0.372. The molecule has 2 unspecified atom stereocenters. The molecule has 2 aromatic carbocycles. The second-order valence-electron chi connectivity index (χ2n) is 8.51. The molecule has 0 saturated heterocycles. The normalized spacial score (nSPS) is 16.8. The summed E-state index contributed by atoms with van der Waals surface area (Å²) in [5, 5.41) is 6.36. The molecule has 0 aliphatic carbocycles. The van der Waals surface area contributed by atoms with E-state index in [1.807, 2.05) is 75.4 Å². The fraction of sp³-hybridized carbons (Fsp3) is 0.423. The van der Waals surface area contributed by atoms with Crippen LogP contribution >= 0.6 is 11.8 Å². The Bertz CT molecular complexity index is 989. The van der Waals surface area contributed by atoms with Gasteiger partial charge in [-0.05, 0) is 51.0 Å². The van der Waals surface area contributed by atoms with Crippen molar-refractivity contribution >= 4 is 29.2 Å². The highest BCUT2D eigenvalue weighted by atomic mass is 32.2. The molecule has 6 nitrogen and oxygen atoms in total. The first-order chi connectivity index (χ1) is 15.8. The molecule has 0 aromatic heterocycles. The van der Waals surface area contributed by atoms with Crippen LogP contribution in [-0.2, 0) is 20.1 Å². The van der Waals surface area contributed by atoms with Gasteiger partial charge in [0.2, 0.25) is 6.04 Å². The van der Waals surface area contributed by atoms with Crippen molar-refractivity contribution in [3.05, 3.63) is 65.7 Å². The van der Waals surface area contributed by atoms with Gasteiger partial charge in [-0.15, -0.1) is 11.8 Å². The van der Waals surface area contributed by atoms with Crippen molar-refractivity contribution in [3.8, 4) is 5.75 Å². The Hall–Kier alpha value is -2.80. The van der Waals surface area contributed by atoms with Crippen LogP contribution in [-0.4, -0.2) is 53.0 Å². The van der Waals surface area contributed by atoms with Gasteiger partial charge < -0.3 is 9.47 Å². The summed E-state index contributed by atoms with van der Waals surface area (Å²) in [5.41, 5.74) is 2.94. The zero-order valence-corrected chi connectivity index (χ0v) is 20.7. The lowest BCUT2D eigenvalue weighted by atomic mass is 9.98. The molecule has 2 aromatic rings. The fourth-order valence-electron chi connectivity index (χ4n) is 3.71. The van der Waals surface area contributed by atoms with Gasteiger partial charge in [-0.3, -0.25) is 9.80 Å². The van der Waals surface area contributed by atoms with E-state index >= 15 is 0 Å². The molecule has 0 fully saturated rings. The summed E-state index contributed by atoms with van der Waals surface area (Å²) in [6.07, 6.45) is 0.659. The minimum absolute atomic E-state index is 0.0963. The van der Waals surface area contributed by atoms with Crippen LogP contribution in [0.5, 0.6) is 5.75 Å². The van der Waals surface area contributed by atoms with Gasteiger partial charge in [0.15, 0.2) is 5.78 Å². The van der Waals surface area contributed by atoms with Crippen molar-refractivity contribution in [2.75, 3.05) is 13.7 Å². The van der Waals surface area contributed by atoms with Gasteiger partial charge >= 0.3 is 5.97 Å². The molecule has 2 atom stereocenters. The first-order valence-electron chi connectivity index (χ1n) is 11.2. The minimum Gasteiger partial charge on any atom is -0.497 e. The second kappa shape index (κ2) is 10.9. The van der Waals surface area contributed by atoms with E-state index < -0.39 is 16.8 Å². The number of carbonyl (C=O) groups excluding carboxylic acids is 2. The molecule has 0 radical (unpaired) electrons. The first-order valence-corrected chi connectivity index (χ1v) is 12.1. The third-order valence-corrected chi connectivity index (χ3v) is 7.06. The van der Waals surface area contributed by atoms with Gasteiger partial charge in [0.1, 0.15) is 5.75 Å². The lowest BCUT2D eigenvalue weighted by Crippen LogP contribution is -2.52. The van der Waals surface area contributed by atoms with Crippen molar-refractivity contribution in [2.24, 2.45) is 5.10 Å². The summed E-state index contributed by atoms with van der Waals surface area (Å²) < 4.78 is 9.71. The number of ketones is 1. The Labute approximate surface area is 200 Å². The van der Waals surface area contributed by atoms with Gasteiger partial charge in [-0.1, -0.05) is 42.5 Å². The zero-order chi connectivity index (χ0) is 24.0. The maximum Gasteiger partial charge on any atom is 0.338 e. The van der Waals surface area contributed by atoms with Crippen LogP contribution in [0.1, 0.15) is 45.2 Å². The molecule has 1 aliphatic rings. The number of rotatable bonds is 10. The van der Waals surface area contributed by atoms with Crippen molar-refractivity contribution in [1.29, 1.82) is 0 Å². The molecule has 33 heavy (non-hydrogen) atoms. The summed E-state index contributed by atoms with van der Waals surface area (Å²) >= 11 is 1.50. The van der Waals surface area contributed by atoms with E-state index in [1.54, 1.807) is 19.0 Å². The van der Waals surface area contributed by atoms with E-state index in [-0.39, 0.29) is 18.4 Å². The van der Waals surface area contributed by atoms with Crippen LogP contribution in [0.4, 0.5) is 0 Å². The number of Topliss-reactive ketones (excluding diaryl/α,β-unsaturated/α-hetero) is 1. The zero-order valence-electron chi connectivity index (χ0n) is 19.9. The Balaban J connectivity index is 1.82. The van der Waals surface area contributed by atoms with E-state index in [0.717, 1.165) is 22.6 Å². The maximum absolute atomic E-state index is 13.7. The van der Waals surface area contributed by atoms with Crippen molar-refractivity contribution in [3.63, 3.8) is 0 Å². The minimum atomic E-state index is -1.08. The van der Waals surface area contributed by atoms with E-state index in [0.29, 0.717) is 12.2 Å². The topological polar surface area (TPSA) is 68.2 Å². The molecule has 0 bridgehead atoms. The highest BCUT2D eigenvalue weighted by Crippen LogP contribution is 2.34. The molecule has 3 rings (SSSR count). The molecule has 0 N–H and O–H groups in total. The van der Waals surface area contributed by atoms with Crippen LogP contribution in [0.2, 0.25) is 0 Å². The number of esters is 1. The molecule has 7 heteroatoms. The summed E-state index contributed by atoms with van der Waals surface area (Å²) in [4.78, 5) is 26.7. The van der Waals surface area contributed by atoms with Crippen molar-refractivity contribution in [2.45, 2.75) is 56.7 Å². The van der Waals surface area contributed by atoms with Crippen LogP contribution in [0.15, 0.2) is 59.7 Å². The predicted molar refractivity (Wildman–Crippen MR) is 133 cm³/mol. The van der Waals surface area contributed by atoms with Crippen LogP contribution in [0.25, 0.3) is 0 Å². The number of benzene rings is 2. The van der Waals surface area contributed by atoms with Gasteiger partial charge in [0, 0.05) is 12.2 Å². The molecule has 1 aliphatic heterocycles. The monoisotopic (exact) mass is 468 g/mol. The Morgan fingerprint density at radius 3 is 2.42 bits per heavy atom. The van der Waals surface area contributed by atoms with E-state index in [2.05, 4.69) is 0 Å². The fourth-order valence-corrected chi connectivity index (χ4v) is 4.69. The number of thioether (sulfide) groups is 1. The summed E-state index contributed by atoms with van der Waals surface area (Å²) in [7, 11) is 1.63. The van der Waals surface area contributed by atoms with Crippen LogP contribution < -0.4 is 4.74 Å². The summed E-state index contributed by atoms with van der Waals surface area (Å²) in [6, 6.07) is 16.4. The Morgan fingerprint density at radius 2 is 1.82 bits per heavy atom. The average Bonchev–Trinajstić information content (AvgIpc) is 3.20. The largest absolute Gasteiger partial charge is 0.497 e. The number of ether oxygens (including phenoxy) is 2. The molecule has 0 amide bonds. The van der Waals surface area contributed by atoms with Crippen LogP contribution in [0.3, 0.4) is 0 Å². The molecular weight excluding hydrogens is 436 g/mol. The average molecular weight is 469 g/mol. The third kappa shape index (κ3) is 5.96. The van der Waals surface area contributed by atoms with Gasteiger partial charge in [-0.2, -0.15) is 5.10 Å². The van der Waals surface area contributed by atoms with Gasteiger partial charge in [0.25, 0.3) is 0 Å². The van der Waals surface area contributed by atoms with Crippen LogP contribution in [0, 0.1) is 0 Å². The molecule has 0 saturated carbocycles. The predicted octanol–water partition coefficient (Wildman–Crippen LogP) is 4.71. The third-order valence-electron chi connectivity index (χ3n) is 5.66. The standard InChI is InChI=1S/C26H32N2O4S/c1-6-32-25(30)23(28-18(2)16-22(27-28)20-10-8-7-9-11-20)24(29)26(3,4)33-17-19-12-14-21(31-5)15-13-19/h7-15,18,23H,6,16-17H2,1-5H3. The van der Waals surface area contributed by atoms with Crippen molar-refractivity contribution < 1.29 is 19.1 Å². The SMILES string of the molecule is CCOC(=O)C(C(=O)C(C)(C)SCc1ccc(OC)cc1)N1N=C(c2ccccc2)CC1C. The number of carbonyl (C=O) groups is 2. The maximum atomic E-state index is 13.7. The Kier molecular flexibility index (Phi) is 8.19. The number of methoxy groups -OCH3 is 1. The van der Waals surface area contributed by atoms with Gasteiger partial charge in [-0.25, -0.2) is 4.79 Å². The molecule has 0 spiro atoms. The lowest BCUT2D eigenvalue weighted by molar-refractivity contribution is -0.154. The van der Waals surface area contributed by atoms with Crippen molar-refractivity contribution in [1.82, 2.24) is 5.01 Å². The van der Waals surface area contributed by atoms with E-state index in [9.17, 15) is 9.59 Å². The highest BCUT2D eigenvalue weighted by Gasteiger charge is 2.45. The molecular formula is C26H32N2O4S. The number of hydrogen-bond donors (Lipinski definition) is 0.